The molecule has 0 spiro atoms. The van der Waals surface area contributed by atoms with Gasteiger partial charge in [-0.2, -0.15) is 0 Å². The number of hydrogen-bond acceptors (Lipinski definition) is 3. The number of rotatable bonds is 6. The fourth-order valence-corrected chi connectivity index (χ4v) is 3.81. The van der Waals surface area contributed by atoms with Gasteiger partial charge >= 0.3 is 0 Å². The molecule has 0 fully saturated rings. The predicted octanol–water partition coefficient (Wildman–Crippen LogP) is 3.90. The van der Waals surface area contributed by atoms with Crippen LogP contribution in [0.25, 0.3) is 16.0 Å². The number of thiazole rings is 1. The maximum absolute atomic E-state index is 12.2. The number of benzene rings is 1. The van der Waals surface area contributed by atoms with Crippen LogP contribution in [0.1, 0.15) is 5.69 Å². The Hall–Kier alpha value is -2.57. The van der Waals surface area contributed by atoms with Crippen molar-refractivity contribution in [3.63, 3.8) is 0 Å². The van der Waals surface area contributed by atoms with Gasteiger partial charge in [0.25, 0.3) is 0 Å². The summed E-state index contributed by atoms with van der Waals surface area (Å²) < 4.78 is 4.03. The van der Waals surface area contributed by atoms with Gasteiger partial charge in [-0.25, -0.2) is 4.98 Å². The van der Waals surface area contributed by atoms with Gasteiger partial charge in [0.1, 0.15) is 0 Å². The van der Waals surface area contributed by atoms with Crippen LogP contribution in [0.15, 0.2) is 60.4 Å². The molecule has 7 heteroatoms. The van der Waals surface area contributed by atoms with Crippen LogP contribution in [0.3, 0.4) is 0 Å². The lowest BCUT2D eigenvalue weighted by atomic mass is 10.2. The average Bonchev–Trinajstić information content (AvgIpc) is 3.35. The second-order valence-electron chi connectivity index (χ2n) is 5.95. The van der Waals surface area contributed by atoms with Crippen LogP contribution in [0.5, 0.6) is 0 Å². The van der Waals surface area contributed by atoms with Crippen LogP contribution >= 0.6 is 22.9 Å². The van der Waals surface area contributed by atoms with E-state index in [0.29, 0.717) is 18.1 Å². The van der Waals surface area contributed by atoms with Gasteiger partial charge < -0.3 is 14.5 Å². The molecule has 0 aliphatic carbocycles. The molecule has 26 heavy (non-hydrogen) atoms. The Kier molecular flexibility index (Phi) is 4.77. The average molecular weight is 385 g/mol. The summed E-state index contributed by atoms with van der Waals surface area (Å²) in [5.41, 5.74) is 1.86. The molecule has 0 radical (unpaired) electrons. The Morgan fingerprint density at radius 1 is 1.19 bits per heavy atom. The lowest BCUT2D eigenvalue weighted by Crippen LogP contribution is -2.28. The molecule has 5 nitrogen and oxygen atoms in total. The molecule has 0 atom stereocenters. The van der Waals surface area contributed by atoms with E-state index in [-0.39, 0.29) is 12.3 Å². The summed E-state index contributed by atoms with van der Waals surface area (Å²) in [6, 6.07) is 11.8. The molecule has 3 aromatic heterocycles. The molecule has 0 saturated carbocycles. The summed E-state index contributed by atoms with van der Waals surface area (Å²) >= 11 is 7.60. The van der Waals surface area contributed by atoms with E-state index in [1.165, 1.54) is 11.3 Å². The molecular weight excluding hydrogens is 368 g/mol. The first-order chi connectivity index (χ1) is 12.7. The van der Waals surface area contributed by atoms with Crippen molar-refractivity contribution in [3.05, 3.63) is 71.1 Å². The largest absolute Gasteiger partial charge is 0.354 e. The summed E-state index contributed by atoms with van der Waals surface area (Å²) in [4.78, 5) is 16.7. The number of halogens is 1. The highest BCUT2D eigenvalue weighted by atomic mass is 35.5. The first-order valence-corrected chi connectivity index (χ1v) is 9.54. The van der Waals surface area contributed by atoms with E-state index in [0.717, 1.165) is 21.7 Å². The zero-order valence-corrected chi connectivity index (χ0v) is 15.5. The van der Waals surface area contributed by atoms with Gasteiger partial charge in [-0.1, -0.05) is 17.7 Å². The van der Waals surface area contributed by atoms with E-state index in [9.17, 15) is 4.79 Å². The van der Waals surface area contributed by atoms with Crippen molar-refractivity contribution in [1.29, 1.82) is 0 Å². The topological polar surface area (TPSA) is 51.9 Å². The first-order valence-electron chi connectivity index (χ1n) is 8.28. The van der Waals surface area contributed by atoms with E-state index in [1.54, 1.807) is 0 Å². The Bertz CT molecular complexity index is 1040. The Balaban J connectivity index is 1.32. The third-order valence-corrected chi connectivity index (χ3v) is 5.26. The number of amides is 1. The number of aromatic nitrogens is 3. The minimum Gasteiger partial charge on any atom is -0.354 e. The van der Waals surface area contributed by atoms with Crippen molar-refractivity contribution in [3.8, 4) is 5.13 Å². The summed E-state index contributed by atoms with van der Waals surface area (Å²) in [6.07, 6.45) is 6.18. The van der Waals surface area contributed by atoms with Crippen LogP contribution in [0, 0.1) is 0 Å². The highest BCUT2D eigenvalue weighted by Gasteiger charge is 2.09. The lowest BCUT2D eigenvalue weighted by Gasteiger charge is -2.07. The molecule has 1 amide bonds. The van der Waals surface area contributed by atoms with E-state index in [4.69, 9.17) is 11.6 Å². The molecule has 0 unspecified atom stereocenters. The van der Waals surface area contributed by atoms with Gasteiger partial charge in [0.05, 0.1) is 12.1 Å². The number of fused-ring (bicyclic) bond motifs is 1. The molecule has 132 valence electrons. The van der Waals surface area contributed by atoms with Crippen LogP contribution < -0.4 is 5.32 Å². The van der Waals surface area contributed by atoms with Crippen LogP contribution in [0.4, 0.5) is 0 Å². The molecular formula is C19H17ClN4OS. The van der Waals surface area contributed by atoms with Gasteiger partial charge in [0.2, 0.25) is 5.91 Å². The minimum atomic E-state index is -0.0242. The van der Waals surface area contributed by atoms with E-state index >= 15 is 0 Å². The standard InChI is InChI=1S/C19H17ClN4OS/c20-15-4-3-14-5-9-23(17(14)11-15)10-6-21-18(25)12-16-13-26-19(22-16)24-7-1-2-8-24/h1-5,7-9,11,13H,6,10,12H2,(H,21,25). The third-order valence-electron chi connectivity index (χ3n) is 4.12. The number of nitrogens with zero attached hydrogens (tertiary/aromatic N) is 3. The van der Waals surface area contributed by atoms with Crippen LogP contribution in [0.2, 0.25) is 5.02 Å². The Morgan fingerprint density at radius 2 is 2.04 bits per heavy atom. The highest BCUT2D eigenvalue weighted by Crippen LogP contribution is 2.20. The zero-order chi connectivity index (χ0) is 17.9. The Morgan fingerprint density at radius 3 is 2.88 bits per heavy atom. The van der Waals surface area contributed by atoms with Crippen molar-refractivity contribution < 1.29 is 4.79 Å². The van der Waals surface area contributed by atoms with Crippen molar-refractivity contribution in [2.75, 3.05) is 6.54 Å². The summed E-state index contributed by atoms with van der Waals surface area (Å²) in [7, 11) is 0. The van der Waals surface area contributed by atoms with Crippen molar-refractivity contribution in [2.45, 2.75) is 13.0 Å². The number of carbonyl (C=O) groups is 1. The maximum Gasteiger partial charge on any atom is 0.226 e. The van der Waals surface area contributed by atoms with Gasteiger partial charge in [-0.05, 0) is 35.7 Å². The molecule has 0 aliphatic rings. The minimum absolute atomic E-state index is 0.0242. The number of nitrogens with one attached hydrogen (secondary N) is 1. The van der Waals surface area contributed by atoms with Crippen LogP contribution in [-0.2, 0) is 17.8 Å². The molecule has 0 saturated heterocycles. The molecule has 3 heterocycles. The molecule has 4 rings (SSSR count). The SMILES string of the molecule is O=C(Cc1csc(-n2cccc2)n1)NCCn1ccc2ccc(Cl)cc21. The number of carbonyl (C=O) groups excluding carboxylic acids is 1. The summed E-state index contributed by atoms with van der Waals surface area (Å²) in [5.74, 6) is -0.0242. The predicted molar refractivity (Wildman–Crippen MR) is 105 cm³/mol. The fourth-order valence-electron chi connectivity index (χ4n) is 2.85. The van der Waals surface area contributed by atoms with Gasteiger partial charge in [0, 0.05) is 47.6 Å². The second-order valence-corrected chi connectivity index (χ2v) is 7.22. The molecule has 0 bridgehead atoms. The molecule has 0 aliphatic heterocycles. The maximum atomic E-state index is 12.2. The van der Waals surface area contributed by atoms with Crippen molar-refractivity contribution in [2.24, 2.45) is 0 Å². The third kappa shape index (κ3) is 3.66. The highest BCUT2D eigenvalue weighted by molar-refractivity contribution is 7.12. The van der Waals surface area contributed by atoms with Gasteiger partial charge in [-0.3, -0.25) is 4.79 Å². The molecule has 4 aromatic rings. The number of hydrogen-bond donors (Lipinski definition) is 1. The quantitative estimate of drug-likeness (QED) is 0.548. The smallest absolute Gasteiger partial charge is 0.226 e. The summed E-state index contributed by atoms with van der Waals surface area (Å²) in [6.45, 7) is 1.25. The fraction of sp³-hybridized carbons (Fsp3) is 0.158. The van der Waals surface area contributed by atoms with Crippen molar-refractivity contribution in [1.82, 2.24) is 19.4 Å². The normalized spacial score (nSPS) is 11.1. The molecule has 1 aromatic carbocycles. The second kappa shape index (κ2) is 7.35. The summed E-state index contributed by atoms with van der Waals surface area (Å²) in [5, 5.41) is 7.60. The van der Waals surface area contributed by atoms with Crippen molar-refractivity contribution >= 4 is 39.7 Å². The monoisotopic (exact) mass is 384 g/mol. The van der Waals surface area contributed by atoms with E-state index in [2.05, 4.69) is 14.9 Å². The van der Waals surface area contributed by atoms with E-state index in [1.807, 2.05) is 64.9 Å². The molecule has 1 N–H and O–H groups in total. The van der Waals surface area contributed by atoms with E-state index < -0.39 is 0 Å². The van der Waals surface area contributed by atoms with Gasteiger partial charge in [-0.15, -0.1) is 11.3 Å². The first kappa shape index (κ1) is 16.9. The van der Waals surface area contributed by atoms with Crippen LogP contribution in [-0.4, -0.2) is 26.6 Å². The van der Waals surface area contributed by atoms with Gasteiger partial charge in [0.15, 0.2) is 5.13 Å². The zero-order valence-electron chi connectivity index (χ0n) is 13.9. The Labute approximate surface area is 159 Å². The lowest BCUT2D eigenvalue weighted by molar-refractivity contribution is -0.120.